The van der Waals surface area contributed by atoms with Gasteiger partial charge in [0.2, 0.25) is 5.76 Å². The average molecular weight is 399 g/mol. The molecule has 1 amide bonds. The van der Waals surface area contributed by atoms with E-state index in [4.69, 9.17) is 0 Å². The summed E-state index contributed by atoms with van der Waals surface area (Å²) >= 11 is 1.16. The Balaban J connectivity index is 1.53. The fourth-order valence-corrected chi connectivity index (χ4v) is 5.12. The van der Waals surface area contributed by atoms with E-state index in [1.54, 1.807) is 12.1 Å². The van der Waals surface area contributed by atoms with E-state index in [0.717, 1.165) is 37.1 Å². The smallest absolute Gasteiger partial charge is 0.351 e. The van der Waals surface area contributed by atoms with Gasteiger partial charge in [-0.3, -0.25) is 4.79 Å². The number of carbonyl (C=O) groups is 1. The minimum atomic E-state index is -4.58. The van der Waals surface area contributed by atoms with Crippen LogP contribution in [0.3, 0.4) is 0 Å². The van der Waals surface area contributed by atoms with Crippen LogP contribution in [0.1, 0.15) is 40.3 Å². The number of aromatic nitrogens is 1. The molecule has 5 nitrogen and oxygen atoms in total. The molecule has 2 aromatic rings. The van der Waals surface area contributed by atoms with E-state index in [9.17, 15) is 18.0 Å². The molecule has 1 saturated carbocycles. The molecule has 2 atom stereocenters. The van der Waals surface area contributed by atoms with Crippen molar-refractivity contribution in [2.75, 3.05) is 20.1 Å². The first-order valence-electron chi connectivity index (χ1n) is 8.85. The van der Waals surface area contributed by atoms with Crippen LogP contribution in [0.15, 0.2) is 16.7 Å². The Hall–Kier alpha value is -1.87. The highest BCUT2D eigenvalue weighted by molar-refractivity contribution is 7.17. The Morgan fingerprint density at radius 2 is 2.22 bits per heavy atom. The van der Waals surface area contributed by atoms with Gasteiger partial charge in [-0.15, -0.1) is 11.3 Å². The van der Waals surface area contributed by atoms with Gasteiger partial charge in [0.25, 0.3) is 5.91 Å². The standard InChI is InChI=1S/C18H20F3N3O2S/c1-10-14(23-26-15(10)18(19,20)21)11-4-5-12(27-11)16(25)24-7-3-6-17(9-24)8-13(17)22-2/h4-5,13,22H,3,6-9H2,1-2H3/t13-,17+/m0/s1. The van der Waals surface area contributed by atoms with Gasteiger partial charge in [-0.2, -0.15) is 13.2 Å². The van der Waals surface area contributed by atoms with Crippen LogP contribution in [-0.2, 0) is 6.18 Å². The number of nitrogens with zero attached hydrogens (tertiary/aromatic N) is 2. The van der Waals surface area contributed by atoms with E-state index in [1.807, 2.05) is 11.9 Å². The fraction of sp³-hybridized carbons (Fsp3) is 0.556. The second-order valence-corrected chi connectivity index (χ2v) is 8.47. The number of hydrogen-bond donors (Lipinski definition) is 1. The summed E-state index contributed by atoms with van der Waals surface area (Å²) < 4.78 is 43.2. The fourth-order valence-electron chi connectivity index (χ4n) is 4.11. The molecule has 2 fully saturated rings. The normalized spacial score (nSPS) is 25.2. The first-order chi connectivity index (χ1) is 12.7. The maximum Gasteiger partial charge on any atom is 0.452 e. The molecular formula is C18H20F3N3O2S. The van der Waals surface area contributed by atoms with Crippen LogP contribution in [0.5, 0.6) is 0 Å². The highest BCUT2D eigenvalue weighted by Gasteiger charge is 2.55. The lowest BCUT2D eigenvalue weighted by atomic mass is 9.94. The lowest BCUT2D eigenvalue weighted by Gasteiger charge is -2.33. The number of nitrogens with one attached hydrogen (secondary N) is 1. The molecule has 3 heterocycles. The minimum Gasteiger partial charge on any atom is -0.351 e. The van der Waals surface area contributed by atoms with Gasteiger partial charge in [-0.25, -0.2) is 0 Å². The van der Waals surface area contributed by atoms with Crippen molar-refractivity contribution < 1.29 is 22.5 Å². The van der Waals surface area contributed by atoms with E-state index in [0.29, 0.717) is 22.3 Å². The van der Waals surface area contributed by atoms with Gasteiger partial charge in [0, 0.05) is 30.1 Å². The molecule has 1 spiro atoms. The largest absolute Gasteiger partial charge is 0.452 e. The number of amides is 1. The monoisotopic (exact) mass is 399 g/mol. The molecule has 1 aliphatic heterocycles. The van der Waals surface area contributed by atoms with Crippen LogP contribution in [0, 0.1) is 12.3 Å². The third-order valence-electron chi connectivity index (χ3n) is 5.67. The van der Waals surface area contributed by atoms with Crippen molar-refractivity contribution in [1.82, 2.24) is 15.4 Å². The van der Waals surface area contributed by atoms with E-state index < -0.39 is 11.9 Å². The first kappa shape index (κ1) is 18.5. The van der Waals surface area contributed by atoms with Crippen molar-refractivity contribution in [1.29, 1.82) is 0 Å². The molecule has 0 bridgehead atoms. The highest BCUT2D eigenvalue weighted by Crippen LogP contribution is 2.52. The minimum absolute atomic E-state index is 0.0601. The number of hydrogen-bond acceptors (Lipinski definition) is 5. The van der Waals surface area contributed by atoms with Crippen LogP contribution in [0.25, 0.3) is 10.6 Å². The zero-order valence-corrected chi connectivity index (χ0v) is 15.8. The molecule has 0 radical (unpaired) electrons. The second-order valence-electron chi connectivity index (χ2n) is 7.38. The zero-order chi connectivity index (χ0) is 19.4. The number of halogens is 3. The maximum atomic E-state index is 12.9. The van der Waals surface area contributed by atoms with E-state index in [1.165, 1.54) is 6.92 Å². The van der Waals surface area contributed by atoms with Gasteiger partial charge in [0.05, 0.1) is 9.75 Å². The number of alkyl halides is 3. The van der Waals surface area contributed by atoms with Gasteiger partial charge in [0.1, 0.15) is 5.69 Å². The molecule has 9 heteroatoms. The van der Waals surface area contributed by atoms with Crippen molar-refractivity contribution in [3.05, 3.63) is 28.3 Å². The Labute approximate surface area is 158 Å². The Kier molecular flexibility index (Phi) is 4.34. The predicted octanol–water partition coefficient (Wildman–Crippen LogP) is 3.94. The lowest BCUT2D eigenvalue weighted by molar-refractivity contribution is -0.156. The first-order valence-corrected chi connectivity index (χ1v) is 9.67. The molecule has 27 heavy (non-hydrogen) atoms. The molecule has 4 rings (SSSR count). The average Bonchev–Trinajstić information content (AvgIpc) is 2.98. The Morgan fingerprint density at radius 3 is 2.85 bits per heavy atom. The quantitative estimate of drug-likeness (QED) is 0.849. The van der Waals surface area contributed by atoms with Crippen molar-refractivity contribution in [3.8, 4) is 10.6 Å². The number of rotatable bonds is 3. The molecule has 1 saturated heterocycles. The predicted molar refractivity (Wildman–Crippen MR) is 94.6 cm³/mol. The summed E-state index contributed by atoms with van der Waals surface area (Å²) in [5, 5.41) is 6.87. The summed E-state index contributed by atoms with van der Waals surface area (Å²) in [6, 6.07) is 3.76. The van der Waals surface area contributed by atoms with Gasteiger partial charge < -0.3 is 14.7 Å². The number of carbonyl (C=O) groups excluding carboxylic acids is 1. The summed E-state index contributed by atoms with van der Waals surface area (Å²) in [6.45, 7) is 2.77. The molecule has 2 aliphatic rings. The summed E-state index contributed by atoms with van der Waals surface area (Å²) in [5.74, 6) is -1.16. The lowest BCUT2D eigenvalue weighted by Crippen LogP contribution is -2.42. The van der Waals surface area contributed by atoms with Gasteiger partial charge >= 0.3 is 6.18 Å². The molecule has 0 aromatic carbocycles. The van der Waals surface area contributed by atoms with Crippen molar-refractivity contribution in [3.63, 3.8) is 0 Å². The summed E-state index contributed by atoms with van der Waals surface area (Å²) in [6.07, 6.45) is -1.40. The van der Waals surface area contributed by atoms with E-state index in [2.05, 4.69) is 15.0 Å². The number of thiophene rings is 1. The highest BCUT2D eigenvalue weighted by atomic mass is 32.1. The van der Waals surface area contributed by atoms with E-state index in [-0.39, 0.29) is 22.6 Å². The number of piperidine rings is 1. The third-order valence-corrected chi connectivity index (χ3v) is 6.75. The number of likely N-dealkylation sites (tertiary alicyclic amines) is 1. The van der Waals surface area contributed by atoms with Crippen LogP contribution in [0.2, 0.25) is 0 Å². The van der Waals surface area contributed by atoms with Crippen molar-refractivity contribution in [2.45, 2.75) is 38.4 Å². The summed E-state index contributed by atoms with van der Waals surface area (Å²) in [4.78, 5) is 15.8. The van der Waals surface area contributed by atoms with Crippen molar-refractivity contribution in [2.24, 2.45) is 5.41 Å². The molecule has 1 aliphatic carbocycles. The molecular weight excluding hydrogens is 379 g/mol. The topological polar surface area (TPSA) is 58.4 Å². The van der Waals surface area contributed by atoms with Gasteiger partial charge in [-0.05, 0) is 45.4 Å². The summed E-state index contributed by atoms with van der Waals surface area (Å²) in [5.41, 5.74) is 0.265. The molecule has 1 N–H and O–H groups in total. The zero-order valence-electron chi connectivity index (χ0n) is 15.0. The molecule has 2 aromatic heterocycles. The maximum absolute atomic E-state index is 12.9. The van der Waals surface area contributed by atoms with Crippen LogP contribution in [0.4, 0.5) is 13.2 Å². The van der Waals surface area contributed by atoms with Crippen molar-refractivity contribution >= 4 is 17.2 Å². The Morgan fingerprint density at radius 1 is 1.44 bits per heavy atom. The van der Waals surface area contributed by atoms with Crippen LogP contribution in [-0.4, -0.2) is 42.1 Å². The SMILES string of the molecule is CN[C@H]1C[C@@]12CCCN(C(=O)c1ccc(-c3noc(C(F)(F)F)c3C)s1)C2. The van der Waals surface area contributed by atoms with Gasteiger partial charge in [-0.1, -0.05) is 5.16 Å². The molecule has 0 unspecified atom stereocenters. The van der Waals surface area contributed by atoms with Gasteiger partial charge in [0.15, 0.2) is 0 Å². The molecule has 146 valence electrons. The van der Waals surface area contributed by atoms with E-state index >= 15 is 0 Å². The Bertz CT molecular complexity index is 876. The summed E-state index contributed by atoms with van der Waals surface area (Å²) in [7, 11) is 1.95. The van der Waals surface area contributed by atoms with Crippen LogP contribution >= 0.6 is 11.3 Å². The second kappa shape index (κ2) is 6.34. The van der Waals surface area contributed by atoms with Crippen LogP contribution < -0.4 is 5.32 Å². The third kappa shape index (κ3) is 3.16.